The Bertz CT molecular complexity index is 424. The Labute approximate surface area is 114 Å². The summed E-state index contributed by atoms with van der Waals surface area (Å²) < 4.78 is 0. The number of aliphatic hydroxyl groups excluding tert-OH is 1. The van der Waals surface area contributed by atoms with Gasteiger partial charge < -0.3 is 20.8 Å². The molecule has 1 heterocycles. The average molecular weight is 287 g/mol. The van der Waals surface area contributed by atoms with Crippen LogP contribution >= 0.6 is 0 Å². The number of urea groups is 1. The van der Waals surface area contributed by atoms with Crippen LogP contribution in [0.1, 0.15) is 19.3 Å². The van der Waals surface area contributed by atoms with E-state index in [1.807, 2.05) is 0 Å². The highest BCUT2D eigenvalue weighted by atomic mass is 16.4. The molecule has 0 aliphatic carbocycles. The van der Waals surface area contributed by atoms with Crippen LogP contribution in [0.25, 0.3) is 0 Å². The van der Waals surface area contributed by atoms with Crippen molar-refractivity contribution in [3.05, 3.63) is 0 Å². The fourth-order valence-electron chi connectivity index (χ4n) is 1.79. The molecule has 1 aliphatic rings. The Hall–Kier alpha value is -2.16. The molecule has 0 aromatic carbocycles. The average Bonchev–Trinajstić information content (AvgIpc) is 2.39. The Morgan fingerprint density at radius 2 is 2.10 bits per heavy atom. The maximum atomic E-state index is 11.7. The van der Waals surface area contributed by atoms with Crippen molar-refractivity contribution in [2.24, 2.45) is 0 Å². The Morgan fingerprint density at radius 3 is 2.65 bits per heavy atom. The molecule has 1 rings (SSSR count). The molecule has 0 aromatic heterocycles. The lowest BCUT2D eigenvalue weighted by molar-refractivity contribution is -0.147. The highest BCUT2D eigenvalue weighted by Crippen LogP contribution is 2.11. The van der Waals surface area contributed by atoms with Gasteiger partial charge in [-0.1, -0.05) is 0 Å². The second-order valence-corrected chi connectivity index (χ2v) is 4.40. The number of amides is 4. The molecular formula is C11H17N3O6. The molecule has 1 fully saturated rings. The van der Waals surface area contributed by atoms with E-state index in [4.69, 9.17) is 10.2 Å². The van der Waals surface area contributed by atoms with Crippen LogP contribution in [0.3, 0.4) is 0 Å². The lowest BCUT2D eigenvalue weighted by Crippen LogP contribution is -2.56. The van der Waals surface area contributed by atoms with Gasteiger partial charge in [0.25, 0.3) is 5.91 Å². The van der Waals surface area contributed by atoms with Gasteiger partial charge in [0.2, 0.25) is 5.91 Å². The van der Waals surface area contributed by atoms with E-state index in [0.29, 0.717) is 0 Å². The normalized spacial score (nSPS) is 20.5. The topological polar surface area (TPSA) is 136 Å². The lowest BCUT2D eigenvalue weighted by Gasteiger charge is -2.28. The summed E-state index contributed by atoms with van der Waals surface area (Å²) in [5.74, 6) is -2.14. The molecule has 4 amide bonds. The van der Waals surface area contributed by atoms with Gasteiger partial charge in [-0.2, -0.15) is 0 Å². The highest BCUT2D eigenvalue weighted by molar-refractivity contribution is 6.01. The van der Waals surface area contributed by atoms with Crippen molar-refractivity contribution >= 4 is 23.8 Å². The van der Waals surface area contributed by atoms with Gasteiger partial charge in [-0.3, -0.25) is 14.5 Å². The van der Waals surface area contributed by atoms with Gasteiger partial charge in [-0.25, -0.2) is 9.59 Å². The summed E-state index contributed by atoms with van der Waals surface area (Å²) in [6.45, 7) is -0.392. The van der Waals surface area contributed by atoms with E-state index < -0.39 is 36.6 Å². The van der Waals surface area contributed by atoms with Crippen LogP contribution in [0, 0.1) is 0 Å². The summed E-state index contributed by atoms with van der Waals surface area (Å²) in [5.41, 5.74) is 0. The summed E-state index contributed by atoms with van der Waals surface area (Å²) in [6.07, 6.45) is 0.166. The van der Waals surface area contributed by atoms with Gasteiger partial charge >= 0.3 is 12.0 Å². The molecule has 0 bridgehead atoms. The zero-order chi connectivity index (χ0) is 15.3. The first kappa shape index (κ1) is 15.9. The number of carboxylic acid groups (broad SMARTS) is 1. The third-order valence-corrected chi connectivity index (χ3v) is 2.98. The Morgan fingerprint density at radius 1 is 1.45 bits per heavy atom. The zero-order valence-corrected chi connectivity index (χ0v) is 11.0. The Balaban J connectivity index is 2.55. The number of carboxylic acids is 1. The molecule has 0 spiro atoms. The van der Waals surface area contributed by atoms with Gasteiger partial charge in [0.1, 0.15) is 12.1 Å². The summed E-state index contributed by atoms with van der Waals surface area (Å²) in [6, 6.07) is -2.92. The number of carbonyl (C=O) groups excluding carboxylic acids is 3. The van der Waals surface area contributed by atoms with Crippen molar-refractivity contribution in [1.29, 1.82) is 0 Å². The standard InChI is InChI=1S/C11H17N3O6/c1-14-8(16)3-2-6(9(14)17)12-11(20)13-7(4-5-15)10(18)19/h6-7,15H,2-5H2,1H3,(H,18,19)(H2,12,13,20)/t6?,7-/m0/s1. The van der Waals surface area contributed by atoms with Crippen LogP contribution in [-0.4, -0.2) is 64.7 Å². The number of hydrogen-bond donors (Lipinski definition) is 4. The number of piperidine rings is 1. The smallest absolute Gasteiger partial charge is 0.326 e. The van der Waals surface area contributed by atoms with Crippen molar-refractivity contribution in [1.82, 2.24) is 15.5 Å². The minimum absolute atomic E-state index is 0.131. The number of hydrogen-bond acceptors (Lipinski definition) is 5. The maximum absolute atomic E-state index is 11.7. The minimum atomic E-state index is -1.28. The number of likely N-dealkylation sites (tertiary alicyclic amines) is 1. The molecule has 1 unspecified atom stereocenters. The van der Waals surface area contributed by atoms with Crippen LogP contribution in [0.15, 0.2) is 0 Å². The minimum Gasteiger partial charge on any atom is -0.480 e. The predicted octanol–water partition coefficient (Wildman–Crippen LogP) is -1.73. The molecule has 1 aliphatic heterocycles. The first-order valence-electron chi connectivity index (χ1n) is 6.08. The summed E-state index contributed by atoms with van der Waals surface area (Å²) in [7, 11) is 1.32. The van der Waals surface area contributed by atoms with Crippen molar-refractivity contribution in [2.75, 3.05) is 13.7 Å². The van der Waals surface area contributed by atoms with Crippen molar-refractivity contribution < 1.29 is 29.4 Å². The second-order valence-electron chi connectivity index (χ2n) is 4.40. The van der Waals surface area contributed by atoms with E-state index >= 15 is 0 Å². The third kappa shape index (κ3) is 3.92. The Kier molecular flexibility index (Phi) is 5.44. The highest BCUT2D eigenvalue weighted by Gasteiger charge is 2.33. The molecule has 0 radical (unpaired) electrons. The van der Waals surface area contributed by atoms with Crippen molar-refractivity contribution in [2.45, 2.75) is 31.3 Å². The predicted molar refractivity (Wildman–Crippen MR) is 65.6 cm³/mol. The van der Waals surface area contributed by atoms with E-state index in [1.54, 1.807) is 0 Å². The number of likely N-dealkylation sites (N-methyl/N-ethyl adjacent to an activating group) is 1. The zero-order valence-electron chi connectivity index (χ0n) is 11.0. The number of carbonyl (C=O) groups is 4. The maximum Gasteiger partial charge on any atom is 0.326 e. The number of imide groups is 1. The van der Waals surface area contributed by atoms with E-state index in [0.717, 1.165) is 4.90 Å². The van der Waals surface area contributed by atoms with Gasteiger partial charge in [-0.05, 0) is 6.42 Å². The second kappa shape index (κ2) is 6.85. The molecule has 9 nitrogen and oxygen atoms in total. The third-order valence-electron chi connectivity index (χ3n) is 2.98. The fourth-order valence-corrected chi connectivity index (χ4v) is 1.79. The number of aliphatic hydroxyl groups is 1. The van der Waals surface area contributed by atoms with Crippen LogP contribution in [0.4, 0.5) is 4.79 Å². The van der Waals surface area contributed by atoms with Crippen LogP contribution in [0.5, 0.6) is 0 Å². The summed E-state index contributed by atoms with van der Waals surface area (Å²) >= 11 is 0. The first-order chi connectivity index (χ1) is 9.36. The quantitative estimate of drug-likeness (QED) is 0.443. The van der Waals surface area contributed by atoms with Crippen molar-refractivity contribution in [3.8, 4) is 0 Å². The summed E-state index contributed by atoms with van der Waals surface area (Å²) in [5, 5.41) is 22.0. The first-order valence-corrected chi connectivity index (χ1v) is 6.08. The molecule has 9 heteroatoms. The van der Waals surface area contributed by atoms with E-state index in [2.05, 4.69) is 10.6 Å². The van der Waals surface area contributed by atoms with Gasteiger partial charge in [0, 0.05) is 26.5 Å². The van der Waals surface area contributed by atoms with Crippen LogP contribution in [0.2, 0.25) is 0 Å². The molecule has 20 heavy (non-hydrogen) atoms. The molecular weight excluding hydrogens is 270 g/mol. The van der Waals surface area contributed by atoms with E-state index in [1.165, 1.54) is 7.05 Å². The largest absolute Gasteiger partial charge is 0.480 e. The number of rotatable bonds is 5. The fraction of sp³-hybridized carbons (Fsp3) is 0.636. The van der Waals surface area contributed by atoms with Crippen LogP contribution in [-0.2, 0) is 14.4 Å². The number of aliphatic carboxylic acids is 1. The molecule has 1 saturated heterocycles. The molecule has 0 aromatic rings. The van der Waals surface area contributed by atoms with Crippen LogP contribution < -0.4 is 10.6 Å². The lowest BCUT2D eigenvalue weighted by atomic mass is 10.1. The molecule has 4 N–H and O–H groups in total. The molecule has 112 valence electrons. The number of nitrogens with zero attached hydrogens (tertiary/aromatic N) is 1. The summed E-state index contributed by atoms with van der Waals surface area (Å²) in [4.78, 5) is 46.3. The van der Waals surface area contributed by atoms with Crippen molar-refractivity contribution in [3.63, 3.8) is 0 Å². The van der Waals surface area contributed by atoms with E-state index in [-0.39, 0.29) is 25.2 Å². The van der Waals surface area contributed by atoms with Gasteiger partial charge in [0.15, 0.2) is 0 Å². The monoisotopic (exact) mass is 287 g/mol. The SMILES string of the molecule is CN1C(=O)CCC(NC(=O)N[C@@H](CCO)C(=O)O)C1=O. The molecule has 2 atom stereocenters. The van der Waals surface area contributed by atoms with E-state index in [9.17, 15) is 19.2 Å². The number of nitrogens with one attached hydrogen (secondary N) is 2. The molecule has 0 saturated carbocycles. The van der Waals surface area contributed by atoms with Gasteiger partial charge in [0.05, 0.1) is 0 Å². The van der Waals surface area contributed by atoms with Gasteiger partial charge in [-0.15, -0.1) is 0 Å².